The van der Waals surface area contributed by atoms with Gasteiger partial charge in [-0.25, -0.2) is 4.98 Å². The van der Waals surface area contributed by atoms with Crippen molar-refractivity contribution in [3.05, 3.63) is 34.9 Å². The molecule has 4 heterocycles. The van der Waals surface area contributed by atoms with Crippen molar-refractivity contribution in [1.82, 2.24) is 24.6 Å². The van der Waals surface area contributed by atoms with Crippen molar-refractivity contribution >= 4 is 39.1 Å². The van der Waals surface area contributed by atoms with Crippen LogP contribution < -0.4 is 5.43 Å². The Hall–Kier alpha value is -3.47. The Balaban J connectivity index is 0.000000216. The van der Waals surface area contributed by atoms with Crippen molar-refractivity contribution < 1.29 is 4.79 Å². The Morgan fingerprint density at radius 1 is 1.24 bits per heavy atom. The standard InChI is InChI=1S/C16H16N4O.C5H6N2O/c1-8(2)9(3)20-14-11(7-19-20)10-4-5-17-16-13(10)12(6-18-16)15(14)21;6-1-5-2-7(3-5)4-8/h4-9H,1-3H3,(H,17,18);4-5H,2-3H2. The first-order valence-corrected chi connectivity index (χ1v) is 9.63. The van der Waals surface area contributed by atoms with Crippen molar-refractivity contribution in [2.75, 3.05) is 13.1 Å². The van der Waals surface area contributed by atoms with Crippen LogP contribution in [0.25, 0.3) is 32.7 Å². The molecule has 8 heteroatoms. The molecule has 0 aliphatic carbocycles. The van der Waals surface area contributed by atoms with E-state index in [-0.39, 0.29) is 17.4 Å². The van der Waals surface area contributed by atoms with Crippen LogP contribution >= 0.6 is 0 Å². The summed E-state index contributed by atoms with van der Waals surface area (Å²) >= 11 is 0. The highest BCUT2D eigenvalue weighted by Crippen LogP contribution is 2.30. The summed E-state index contributed by atoms with van der Waals surface area (Å²) in [4.78, 5) is 31.7. The molecule has 5 rings (SSSR count). The van der Waals surface area contributed by atoms with Gasteiger partial charge in [-0.1, -0.05) is 13.8 Å². The minimum Gasteiger partial charge on any atom is -0.346 e. The number of carbonyl (C=O) groups excluding carboxylic acids is 1. The van der Waals surface area contributed by atoms with Gasteiger partial charge in [0.2, 0.25) is 11.8 Å². The number of fused-ring (bicyclic) bond motifs is 2. The van der Waals surface area contributed by atoms with Gasteiger partial charge < -0.3 is 9.88 Å². The number of hydrogen-bond donors (Lipinski definition) is 1. The molecule has 4 aromatic rings. The smallest absolute Gasteiger partial charge is 0.213 e. The van der Waals surface area contributed by atoms with Gasteiger partial charge in [-0.15, -0.1) is 0 Å². The maximum atomic E-state index is 12.8. The van der Waals surface area contributed by atoms with Gasteiger partial charge in [0.15, 0.2) is 0 Å². The second-order valence-electron chi connectivity index (χ2n) is 7.84. The summed E-state index contributed by atoms with van der Waals surface area (Å²) in [5.41, 5.74) is 1.46. The fourth-order valence-corrected chi connectivity index (χ4v) is 3.64. The van der Waals surface area contributed by atoms with Crippen molar-refractivity contribution in [3.8, 4) is 6.07 Å². The first kappa shape index (κ1) is 18.9. The summed E-state index contributed by atoms with van der Waals surface area (Å²) < 4.78 is 1.86. The maximum absolute atomic E-state index is 12.8. The largest absolute Gasteiger partial charge is 0.346 e. The first-order valence-electron chi connectivity index (χ1n) is 9.63. The van der Waals surface area contributed by atoms with Crippen LogP contribution in [0.15, 0.2) is 29.5 Å². The molecule has 1 atom stereocenters. The number of amides is 1. The Morgan fingerprint density at radius 3 is 2.66 bits per heavy atom. The number of nitriles is 1. The summed E-state index contributed by atoms with van der Waals surface area (Å²) in [6, 6.07) is 4.23. The maximum Gasteiger partial charge on any atom is 0.213 e. The van der Waals surface area contributed by atoms with Gasteiger partial charge in [0, 0.05) is 36.3 Å². The number of pyridine rings is 1. The van der Waals surface area contributed by atoms with Gasteiger partial charge in [-0.2, -0.15) is 10.4 Å². The lowest BCUT2D eigenvalue weighted by molar-refractivity contribution is -0.122. The second kappa shape index (κ2) is 7.17. The van der Waals surface area contributed by atoms with E-state index in [0.717, 1.165) is 28.2 Å². The molecule has 0 radical (unpaired) electrons. The lowest BCUT2D eigenvalue weighted by Gasteiger charge is -2.31. The number of aromatic amines is 1. The Bertz CT molecular complexity index is 1280. The molecule has 1 aromatic carbocycles. The number of carbonyl (C=O) groups is 1. The lowest BCUT2D eigenvalue weighted by atomic mass is 10.0. The average Bonchev–Trinajstić information content (AvgIpc) is 3.31. The van der Waals surface area contributed by atoms with E-state index in [1.165, 1.54) is 0 Å². The molecule has 1 amide bonds. The fourth-order valence-electron chi connectivity index (χ4n) is 3.64. The van der Waals surface area contributed by atoms with Gasteiger partial charge in [-0.3, -0.25) is 14.3 Å². The molecule has 0 bridgehead atoms. The van der Waals surface area contributed by atoms with Gasteiger partial charge in [0.1, 0.15) is 11.2 Å². The third-order valence-corrected chi connectivity index (χ3v) is 5.71. The Morgan fingerprint density at radius 2 is 2.00 bits per heavy atom. The molecule has 1 saturated heterocycles. The van der Waals surface area contributed by atoms with Gasteiger partial charge >= 0.3 is 0 Å². The van der Waals surface area contributed by atoms with Crippen molar-refractivity contribution in [2.24, 2.45) is 11.8 Å². The molecule has 1 aliphatic rings. The third kappa shape index (κ3) is 2.99. The lowest BCUT2D eigenvalue weighted by Crippen LogP contribution is -2.44. The normalized spacial score (nSPS) is 15.3. The average molecular weight is 390 g/mol. The minimum atomic E-state index is 0.0181. The summed E-state index contributed by atoms with van der Waals surface area (Å²) in [5.74, 6) is 0.505. The Labute approximate surface area is 167 Å². The van der Waals surface area contributed by atoms with E-state index >= 15 is 0 Å². The molecule has 1 unspecified atom stereocenters. The number of H-pyrrole nitrogens is 1. The van der Waals surface area contributed by atoms with Crippen LogP contribution in [0.2, 0.25) is 0 Å². The number of nitrogens with one attached hydrogen (secondary N) is 1. The van der Waals surface area contributed by atoms with Crippen LogP contribution in [0.3, 0.4) is 0 Å². The molecule has 1 fully saturated rings. The number of likely N-dealkylation sites (tertiary alicyclic amines) is 1. The van der Waals surface area contributed by atoms with Crippen LogP contribution in [-0.2, 0) is 4.79 Å². The zero-order valence-electron chi connectivity index (χ0n) is 16.6. The van der Waals surface area contributed by atoms with E-state index in [0.29, 0.717) is 29.9 Å². The van der Waals surface area contributed by atoms with Crippen LogP contribution in [0.1, 0.15) is 26.8 Å². The van der Waals surface area contributed by atoms with Crippen LogP contribution in [0.5, 0.6) is 0 Å². The fraction of sp³-hybridized carbons (Fsp3) is 0.381. The minimum absolute atomic E-state index is 0.0181. The molecule has 148 valence electrons. The van der Waals surface area contributed by atoms with Gasteiger partial charge in [-0.05, 0) is 24.3 Å². The summed E-state index contributed by atoms with van der Waals surface area (Å²) in [6.07, 6.45) is 6.09. The van der Waals surface area contributed by atoms with Crippen molar-refractivity contribution in [2.45, 2.75) is 26.8 Å². The van der Waals surface area contributed by atoms with E-state index in [9.17, 15) is 9.59 Å². The highest BCUT2D eigenvalue weighted by atomic mass is 16.1. The molecule has 8 nitrogen and oxygen atoms in total. The van der Waals surface area contributed by atoms with E-state index in [1.54, 1.807) is 17.3 Å². The predicted octanol–water partition coefficient (Wildman–Crippen LogP) is 2.68. The van der Waals surface area contributed by atoms with Gasteiger partial charge in [0.25, 0.3) is 0 Å². The number of benzene rings is 1. The summed E-state index contributed by atoms with van der Waals surface area (Å²) in [5, 5.41) is 16.2. The molecular formula is C21H22N6O2. The molecular weight excluding hydrogens is 368 g/mol. The van der Waals surface area contributed by atoms with E-state index in [2.05, 4.69) is 41.9 Å². The van der Waals surface area contributed by atoms with Crippen molar-refractivity contribution in [1.29, 1.82) is 5.26 Å². The predicted molar refractivity (Wildman–Crippen MR) is 111 cm³/mol. The SMILES string of the molecule is CC(C)C(C)n1ncc2c3cc[nH]c4ncc(c(=O)c21)c43.N#CC1CN(C=O)C1. The number of hydrogen-bond acceptors (Lipinski definition) is 5. The van der Waals surface area contributed by atoms with Crippen LogP contribution in [-0.4, -0.2) is 44.1 Å². The molecule has 0 saturated carbocycles. The molecule has 1 aliphatic heterocycles. The second-order valence-corrected chi connectivity index (χ2v) is 7.84. The molecule has 29 heavy (non-hydrogen) atoms. The molecule has 0 spiro atoms. The van der Waals surface area contributed by atoms with E-state index < -0.39 is 0 Å². The van der Waals surface area contributed by atoms with Crippen LogP contribution in [0.4, 0.5) is 0 Å². The number of aromatic nitrogens is 4. The number of nitrogens with zero attached hydrogens (tertiary/aromatic N) is 5. The zero-order chi connectivity index (χ0) is 20.7. The Kier molecular flexibility index (Phi) is 4.66. The van der Waals surface area contributed by atoms with Crippen molar-refractivity contribution in [3.63, 3.8) is 0 Å². The third-order valence-electron chi connectivity index (χ3n) is 5.71. The zero-order valence-corrected chi connectivity index (χ0v) is 16.6. The monoisotopic (exact) mass is 390 g/mol. The summed E-state index contributed by atoms with van der Waals surface area (Å²) in [6.45, 7) is 7.62. The first-order chi connectivity index (χ1) is 14.0. The highest BCUT2D eigenvalue weighted by Gasteiger charge is 2.24. The molecule has 3 aromatic heterocycles. The van der Waals surface area contributed by atoms with E-state index in [1.807, 2.05) is 16.9 Å². The number of rotatable bonds is 3. The topological polar surface area (TPSA) is 108 Å². The quantitative estimate of drug-likeness (QED) is 0.541. The highest BCUT2D eigenvalue weighted by molar-refractivity contribution is 6.19. The summed E-state index contributed by atoms with van der Waals surface area (Å²) in [7, 11) is 0. The van der Waals surface area contributed by atoms with E-state index in [4.69, 9.17) is 5.26 Å². The van der Waals surface area contributed by atoms with Crippen LogP contribution in [0, 0.1) is 23.2 Å². The van der Waals surface area contributed by atoms with Gasteiger partial charge in [0.05, 0.1) is 29.6 Å². The molecule has 1 N–H and O–H groups in total.